The van der Waals surface area contributed by atoms with Crippen LogP contribution in [0.15, 0.2) is 59.1 Å². The van der Waals surface area contributed by atoms with E-state index in [0.717, 1.165) is 30.6 Å². The summed E-state index contributed by atoms with van der Waals surface area (Å²) in [5.74, 6) is 0.701. The average Bonchev–Trinajstić information content (AvgIpc) is 2.97. The number of hydrogen-bond acceptors (Lipinski definition) is 3. The van der Waals surface area contributed by atoms with E-state index in [1.165, 1.54) is 81.8 Å². The summed E-state index contributed by atoms with van der Waals surface area (Å²) in [7, 11) is 0. The highest BCUT2D eigenvalue weighted by atomic mass is 35.5. The summed E-state index contributed by atoms with van der Waals surface area (Å²) in [6.45, 7) is 10.3. The molecule has 0 spiro atoms. The predicted molar refractivity (Wildman–Crippen MR) is 180 cm³/mol. The van der Waals surface area contributed by atoms with Gasteiger partial charge in [0.15, 0.2) is 0 Å². The van der Waals surface area contributed by atoms with Crippen molar-refractivity contribution < 1.29 is 9.53 Å². The minimum absolute atomic E-state index is 0.00372. The first kappa shape index (κ1) is 33.9. The van der Waals surface area contributed by atoms with Gasteiger partial charge in [0.2, 0.25) is 5.91 Å². The van der Waals surface area contributed by atoms with Gasteiger partial charge in [-0.15, -0.1) is 0 Å². The lowest BCUT2D eigenvalue weighted by Crippen LogP contribution is -2.28. The molecule has 1 amide bonds. The van der Waals surface area contributed by atoms with E-state index in [9.17, 15) is 4.79 Å². The molecular weight excluding hydrogens is 540 g/mol. The molecule has 0 saturated heterocycles. The van der Waals surface area contributed by atoms with Gasteiger partial charge in [-0.3, -0.25) is 9.79 Å². The fraction of sp³-hybridized carbons (Fsp3) is 0.568. The molecule has 0 bridgehead atoms. The normalized spacial score (nSPS) is 16.4. The van der Waals surface area contributed by atoms with Crippen molar-refractivity contribution >= 4 is 29.4 Å². The van der Waals surface area contributed by atoms with Gasteiger partial charge in [0.05, 0.1) is 18.2 Å². The molecule has 2 aromatic carbocycles. The maximum absolute atomic E-state index is 12.7. The van der Waals surface area contributed by atoms with E-state index < -0.39 is 0 Å². The SMILES string of the molecule is CCCCCCCCCCCCCCOc1cc(CN(C(C)=O)c2ccc(CC3(C)CN=CC=C3C)cc2)ccc1Cl. The standard InChI is InChI=1S/C37H53ClN2O2/c1-5-6-7-8-9-10-11-12-13-14-15-16-25-42-36-26-33(19-22-35(36)38)28-40(31(3)41)34-20-17-32(18-21-34)27-37(4)29-39-24-23-30(37)2/h17-24,26H,5-16,25,27-29H2,1-4H3. The van der Waals surface area contributed by atoms with Gasteiger partial charge in [0.1, 0.15) is 5.75 Å². The first-order valence-corrected chi connectivity index (χ1v) is 16.7. The van der Waals surface area contributed by atoms with Gasteiger partial charge in [0.25, 0.3) is 0 Å². The van der Waals surface area contributed by atoms with Crippen LogP contribution in [0.1, 0.15) is 116 Å². The molecular formula is C37H53ClN2O2. The molecule has 0 N–H and O–H groups in total. The van der Waals surface area contributed by atoms with Crippen LogP contribution in [0.4, 0.5) is 5.69 Å². The van der Waals surface area contributed by atoms with Crippen molar-refractivity contribution in [1.29, 1.82) is 0 Å². The molecule has 1 aliphatic heterocycles. The van der Waals surface area contributed by atoms with Crippen molar-refractivity contribution in [1.82, 2.24) is 0 Å². The third kappa shape index (κ3) is 11.2. The zero-order chi connectivity index (χ0) is 30.2. The number of carbonyl (C=O) groups is 1. The van der Waals surface area contributed by atoms with Crippen LogP contribution in [-0.4, -0.2) is 25.3 Å². The van der Waals surface area contributed by atoms with Crippen LogP contribution in [-0.2, 0) is 17.8 Å². The van der Waals surface area contributed by atoms with Gasteiger partial charge in [-0.1, -0.05) is 120 Å². The molecule has 3 rings (SSSR count). The number of benzene rings is 2. The lowest BCUT2D eigenvalue weighted by molar-refractivity contribution is -0.116. The summed E-state index contributed by atoms with van der Waals surface area (Å²) in [4.78, 5) is 18.9. The van der Waals surface area contributed by atoms with E-state index >= 15 is 0 Å². The Morgan fingerprint density at radius 1 is 0.905 bits per heavy atom. The van der Waals surface area contributed by atoms with E-state index in [4.69, 9.17) is 16.3 Å². The largest absolute Gasteiger partial charge is 0.492 e. The number of anilines is 1. The Bertz CT molecular complexity index is 1160. The first-order chi connectivity index (χ1) is 20.3. The number of unbranched alkanes of at least 4 members (excludes halogenated alkanes) is 11. The molecule has 2 aromatic rings. The molecule has 1 aliphatic rings. The number of rotatable bonds is 19. The Balaban J connectivity index is 1.44. The topological polar surface area (TPSA) is 41.9 Å². The van der Waals surface area contributed by atoms with Crippen molar-refractivity contribution in [3.05, 3.63) is 70.3 Å². The Morgan fingerprint density at radius 3 is 2.10 bits per heavy atom. The van der Waals surface area contributed by atoms with Crippen LogP contribution in [0.3, 0.4) is 0 Å². The number of nitrogens with zero attached hydrogens (tertiary/aromatic N) is 2. The molecule has 0 fully saturated rings. The third-order valence-electron chi connectivity index (χ3n) is 8.64. The monoisotopic (exact) mass is 592 g/mol. The molecule has 1 atom stereocenters. The van der Waals surface area contributed by atoms with E-state index in [-0.39, 0.29) is 11.3 Å². The number of ether oxygens (including phenoxy) is 1. The highest BCUT2D eigenvalue weighted by molar-refractivity contribution is 6.32. The molecule has 0 radical (unpaired) electrons. The quantitative estimate of drug-likeness (QED) is 0.152. The first-order valence-electron chi connectivity index (χ1n) is 16.3. The van der Waals surface area contributed by atoms with Crippen LogP contribution in [0, 0.1) is 5.41 Å². The summed E-state index contributed by atoms with van der Waals surface area (Å²) < 4.78 is 6.07. The third-order valence-corrected chi connectivity index (χ3v) is 8.95. The van der Waals surface area contributed by atoms with Crippen molar-refractivity contribution in [2.24, 2.45) is 10.4 Å². The van der Waals surface area contributed by atoms with Crippen LogP contribution in [0.25, 0.3) is 0 Å². The molecule has 0 aromatic heterocycles. The molecule has 0 saturated carbocycles. The van der Waals surface area contributed by atoms with Crippen LogP contribution in [0.5, 0.6) is 5.75 Å². The number of carbonyl (C=O) groups excluding carboxylic acids is 1. The minimum atomic E-state index is 0.00372. The molecule has 4 nitrogen and oxygen atoms in total. The predicted octanol–water partition coefficient (Wildman–Crippen LogP) is 10.6. The van der Waals surface area contributed by atoms with Crippen molar-refractivity contribution in [3.63, 3.8) is 0 Å². The van der Waals surface area contributed by atoms with Crippen molar-refractivity contribution in [2.45, 2.75) is 118 Å². The molecule has 0 aliphatic carbocycles. The summed E-state index contributed by atoms with van der Waals surface area (Å²) in [6.07, 6.45) is 20.8. The summed E-state index contributed by atoms with van der Waals surface area (Å²) in [6, 6.07) is 14.2. The second-order valence-corrected chi connectivity index (χ2v) is 12.8. The lowest BCUT2D eigenvalue weighted by Gasteiger charge is -2.31. The smallest absolute Gasteiger partial charge is 0.224 e. The molecule has 1 unspecified atom stereocenters. The molecule has 1 heterocycles. The summed E-state index contributed by atoms with van der Waals surface area (Å²) in [5.41, 5.74) is 4.51. The highest BCUT2D eigenvalue weighted by Crippen LogP contribution is 2.34. The van der Waals surface area contributed by atoms with Gasteiger partial charge in [-0.05, 0) is 61.2 Å². The Kier molecular flexibility index (Phi) is 14.7. The summed E-state index contributed by atoms with van der Waals surface area (Å²) in [5, 5.41) is 0.612. The lowest BCUT2D eigenvalue weighted by atomic mass is 9.76. The zero-order valence-electron chi connectivity index (χ0n) is 26.6. The molecule has 230 valence electrons. The number of allylic oxidation sites excluding steroid dienone is 1. The Labute approximate surface area is 260 Å². The highest BCUT2D eigenvalue weighted by Gasteiger charge is 2.28. The fourth-order valence-corrected chi connectivity index (χ4v) is 5.81. The maximum Gasteiger partial charge on any atom is 0.224 e. The van der Waals surface area contributed by atoms with Gasteiger partial charge in [-0.25, -0.2) is 0 Å². The summed E-state index contributed by atoms with van der Waals surface area (Å²) >= 11 is 6.46. The maximum atomic E-state index is 12.7. The van der Waals surface area contributed by atoms with E-state index in [2.05, 4.69) is 44.0 Å². The second-order valence-electron chi connectivity index (χ2n) is 12.4. The number of halogens is 1. The van der Waals surface area contributed by atoms with Crippen LogP contribution < -0.4 is 9.64 Å². The van der Waals surface area contributed by atoms with Gasteiger partial charge < -0.3 is 9.64 Å². The average molecular weight is 593 g/mol. The zero-order valence-corrected chi connectivity index (χ0v) is 27.4. The molecule has 42 heavy (non-hydrogen) atoms. The van der Waals surface area contributed by atoms with Crippen molar-refractivity contribution in [3.8, 4) is 5.75 Å². The van der Waals surface area contributed by atoms with E-state index in [1.807, 2.05) is 36.5 Å². The van der Waals surface area contributed by atoms with Crippen LogP contribution in [0.2, 0.25) is 5.02 Å². The van der Waals surface area contributed by atoms with Crippen LogP contribution >= 0.6 is 11.6 Å². The number of hydrogen-bond donors (Lipinski definition) is 0. The fourth-order valence-electron chi connectivity index (χ4n) is 5.63. The number of aliphatic imine (C=N–C) groups is 1. The Morgan fingerprint density at radius 2 is 1.50 bits per heavy atom. The van der Waals surface area contributed by atoms with E-state index in [1.54, 1.807) is 11.8 Å². The van der Waals surface area contributed by atoms with E-state index in [0.29, 0.717) is 23.9 Å². The molecule has 5 heteroatoms. The minimum Gasteiger partial charge on any atom is -0.492 e. The second kappa shape index (κ2) is 18.2. The number of dihydropyridines is 1. The number of amides is 1. The van der Waals surface area contributed by atoms with Gasteiger partial charge >= 0.3 is 0 Å². The van der Waals surface area contributed by atoms with Crippen molar-refractivity contribution in [2.75, 3.05) is 18.1 Å². The Hall–Kier alpha value is -2.59. The van der Waals surface area contributed by atoms with Gasteiger partial charge in [-0.2, -0.15) is 0 Å². The van der Waals surface area contributed by atoms with Gasteiger partial charge in [0, 0.05) is 30.8 Å².